The number of amides is 1. The zero-order valence-electron chi connectivity index (χ0n) is 11.2. The lowest BCUT2D eigenvalue weighted by atomic mass is 10.2. The fourth-order valence-corrected chi connectivity index (χ4v) is 2.96. The van der Waals surface area contributed by atoms with Crippen LogP contribution in [0.4, 0.5) is 5.69 Å². The molecule has 19 heavy (non-hydrogen) atoms. The van der Waals surface area contributed by atoms with Crippen LogP contribution >= 0.6 is 23.1 Å². The van der Waals surface area contributed by atoms with E-state index < -0.39 is 0 Å². The van der Waals surface area contributed by atoms with Crippen molar-refractivity contribution in [3.05, 3.63) is 22.7 Å². The van der Waals surface area contributed by atoms with Gasteiger partial charge in [0.25, 0.3) is 5.91 Å². The maximum Gasteiger partial charge on any atom is 0.263 e. The van der Waals surface area contributed by atoms with Crippen molar-refractivity contribution in [1.29, 1.82) is 0 Å². The molecule has 2 heterocycles. The van der Waals surface area contributed by atoms with Gasteiger partial charge in [-0.3, -0.25) is 4.79 Å². The highest BCUT2D eigenvalue weighted by Gasteiger charge is 2.17. The molecule has 0 fully saturated rings. The molecule has 0 radical (unpaired) electrons. The number of nitrogens with one attached hydrogen (secondary N) is 1. The van der Waals surface area contributed by atoms with Crippen LogP contribution in [0.15, 0.2) is 12.1 Å². The maximum atomic E-state index is 12.1. The first-order valence-corrected chi connectivity index (χ1v) is 8.10. The number of pyridine rings is 1. The van der Waals surface area contributed by atoms with E-state index in [-0.39, 0.29) is 5.91 Å². The van der Waals surface area contributed by atoms with Gasteiger partial charge in [-0.05, 0) is 25.3 Å². The molecular formula is C13H17N3OS2. The third-order valence-electron chi connectivity index (χ3n) is 2.89. The topological polar surface area (TPSA) is 68.0 Å². The highest BCUT2D eigenvalue weighted by molar-refractivity contribution is 7.99. The number of aromatic nitrogens is 1. The average Bonchev–Trinajstić information content (AvgIpc) is 2.72. The van der Waals surface area contributed by atoms with Crippen LogP contribution in [-0.2, 0) is 0 Å². The predicted octanol–water partition coefficient (Wildman–Crippen LogP) is 2.67. The number of thioether (sulfide) groups is 1. The van der Waals surface area contributed by atoms with Crippen molar-refractivity contribution in [3.8, 4) is 0 Å². The first-order chi connectivity index (χ1) is 9.02. The van der Waals surface area contributed by atoms with Crippen LogP contribution in [0.2, 0.25) is 0 Å². The van der Waals surface area contributed by atoms with E-state index in [2.05, 4.69) is 17.2 Å². The summed E-state index contributed by atoms with van der Waals surface area (Å²) in [4.78, 5) is 17.9. The van der Waals surface area contributed by atoms with Crippen LogP contribution in [0.5, 0.6) is 0 Å². The number of aryl methyl sites for hydroxylation is 1. The summed E-state index contributed by atoms with van der Waals surface area (Å²) < 4.78 is 0. The van der Waals surface area contributed by atoms with E-state index in [0.29, 0.717) is 22.4 Å². The van der Waals surface area contributed by atoms with Crippen LogP contribution in [0.1, 0.15) is 22.3 Å². The molecule has 0 spiro atoms. The molecule has 0 saturated carbocycles. The number of anilines is 1. The van der Waals surface area contributed by atoms with Gasteiger partial charge < -0.3 is 11.1 Å². The Morgan fingerprint density at radius 2 is 2.32 bits per heavy atom. The lowest BCUT2D eigenvalue weighted by molar-refractivity contribution is 0.0959. The molecule has 102 valence electrons. The molecule has 4 nitrogen and oxygen atoms in total. The second-order valence-corrected chi connectivity index (χ2v) is 6.68. The molecule has 2 aromatic rings. The van der Waals surface area contributed by atoms with E-state index in [1.54, 1.807) is 11.8 Å². The van der Waals surface area contributed by atoms with Gasteiger partial charge >= 0.3 is 0 Å². The Hall–Kier alpha value is -1.27. The van der Waals surface area contributed by atoms with E-state index in [0.717, 1.165) is 15.9 Å². The molecule has 1 amide bonds. The summed E-state index contributed by atoms with van der Waals surface area (Å²) in [6, 6.07) is 3.83. The first kappa shape index (κ1) is 14.1. The summed E-state index contributed by atoms with van der Waals surface area (Å²) >= 11 is 3.07. The Morgan fingerprint density at radius 3 is 3.00 bits per heavy atom. The van der Waals surface area contributed by atoms with Crippen molar-refractivity contribution >= 4 is 44.9 Å². The van der Waals surface area contributed by atoms with Gasteiger partial charge in [-0.25, -0.2) is 4.98 Å². The second kappa shape index (κ2) is 5.79. The Morgan fingerprint density at radius 1 is 1.58 bits per heavy atom. The van der Waals surface area contributed by atoms with Crippen LogP contribution in [-0.4, -0.2) is 28.9 Å². The Bertz CT molecular complexity index is 609. The van der Waals surface area contributed by atoms with Crippen LogP contribution < -0.4 is 11.1 Å². The number of hydrogen-bond donors (Lipinski definition) is 2. The number of nitrogen functional groups attached to an aromatic ring is 1. The highest BCUT2D eigenvalue weighted by Crippen LogP contribution is 2.32. The van der Waals surface area contributed by atoms with Crippen molar-refractivity contribution < 1.29 is 4.79 Å². The summed E-state index contributed by atoms with van der Waals surface area (Å²) in [5.41, 5.74) is 7.49. The number of carbonyl (C=O) groups excluding carboxylic acids is 1. The van der Waals surface area contributed by atoms with Gasteiger partial charge in [-0.15, -0.1) is 11.3 Å². The van der Waals surface area contributed by atoms with Crippen molar-refractivity contribution in [2.75, 3.05) is 18.5 Å². The average molecular weight is 295 g/mol. The third kappa shape index (κ3) is 3.01. The lowest BCUT2D eigenvalue weighted by Crippen LogP contribution is -2.29. The largest absolute Gasteiger partial charge is 0.397 e. The van der Waals surface area contributed by atoms with Gasteiger partial charge in [0, 0.05) is 22.9 Å². The number of rotatable bonds is 4. The SMILES string of the molecule is CSC(C)CNC(=O)c1sc2nc(C)ccc2c1N. The first-order valence-electron chi connectivity index (χ1n) is 5.99. The summed E-state index contributed by atoms with van der Waals surface area (Å²) in [7, 11) is 0. The van der Waals surface area contributed by atoms with Crippen molar-refractivity contribution in [2.45, 2.75) is 19.1 Å². The molecular weight excluding hydrogens is 278 g/mol. The zero-order chi connectivity index (χ0) is 14.0. The lowest BCUT2D eigenvalue weighted by Gasteiger charge is -2.09. The van der Waals surface area contributed by atoms with E-state index >= 15 is 0 Å². The molecule has 3 N–H and O–H groups in total. The van der Waals surface area contributed by atoms with Gasteiger partial charge in [-0.2, -0.15) is 11.8 Å². The van der Waals surface area contributed by atoms with Gasteiger partial charge in [-0.1, -0.05) is 6.92 Å². The number of nitrogens with zero attached hydrogens (tertiary/aromatic N) is 1. The second-order valence-electron chi connectivity index (χ2n) is 4.41. The third-order valence-corrected chi connectivity index (χ3v) is 4.98. The molecule has 2 aromatic heterocycles. The summed E-state index contributed by atoms with van der Waals surface area (Å²) in [6.45, 7) is 4.64. The highest BCUT2D eigenvalue weighted by atomic mass is 32.2. The minimum Gasteiger partial charge on any atom is -0.397 e. The molecule has 0 saturated heterocycles. The summed E-state index contributed by atoms with van der Waals surface area (Å²) in [5, 5.41) is 4.16. The molecule has 0 aliphatic rings. The van der Waals surface area contributed by atoms with Gasteiger partial charge in [0.2, 0.25) is 0 Å². The van der Waals surface area contributed by atoms with Gasteiger partial charge in [0.1, 0.15) is 9.71 Å². The number of carbonyl (C=O) groups is 1. The quantitative estimate of drug-likeness (QED) is 0.910. The molecule has 1 atom stereocenters. The number of nitrogens with two attached hydrogens (primary N) is 1. The number of hydrogen-bond acceptors (Lipinski definition) is 5. The van der Waals surface area contributed by atoms with Crippen molar-refractivity contribution in [1.82, 2.24) is 10.3 Å². The number of fused-ring (bicyclic) bond motifs is 1. The molecule has 2 rings (SSSR count). The zero-order valence-corrected chi connectivity index (χ0v) is 12.8. The fourth-order valence-electron chi connectivity index (χ4n) is 1.66. The summed E-state index contributed by atoms with van der Waals surface area (Å²) in [6.07, 6.45) is 2.03. The van der Waals surface area contributed by atoms with E-state index in [4.69, 9.17) is 5.73 Å². The van der Waals surface area contributed by atoms with Crippen LogP contribution in [0.25, 0.3) is 10.2 Å². The Labute approximate surface area is 120 Å². The smallest absolute Gasteiger partial charge is 0.263 e. The molecule has 0 aliphatic heterocycles. The Kier molecular flexibility index (Phi) is 4.31. The van der Waals surface area contributed by atoms with E-state index in [1.807, 2.05) is 25.3 Å². The molecule has 6 heteroatoms. The normalized spacial score (nSPS) is 12.6. The minimum atomic E-state index is -0.112. The standard InChI is InChI=1S/C13H17N3OS2/c1-7-4-5-9-10(14)11(19-13(9)16-7)12(17)15-6-8(2)18-3/h4-5,8H,6,14H2,1-3H3,(H,15,17). The molecule has 1 unspecified atom stereocenters. The maximum absolute atomic E-state index is 12.1. The molecule has 0 aliphatic carbocycles. The van der Waals surface area contributed by atoms with Crippen LogP contribution in [0, 0.1) is 6.92 Å². The monoisotopic (exact) mass is 295 g/mol. The summed E-state index contributed by atoms with van der Waals surface area (Å²) in [5.74, 6) is -0.112. The number of thiophene rings is 1. The Balaban J connectivity index is 2.25. The van der Waals surface area contributed by atoms with Gasteiger partial charge in [0.05, 0.1) is 5.69 Å². The molecule has 0 bridgehead atoms. The van der Waals surface area contributed by atoms with E-state index in [1.165, 1.54) is 11.3 Å². The fraction of sp³-hybridized carbons (Fsp3) is 0.385. The molecule has 0 aromatic carbocycles. The van der Waals surface area contributed by atoms with E-state index in [9.17, 15) is 4.79 Å². The van der Waals surface area contributed by atoms with Crippen molar-refractivity contribution in [3.63, 3.8) is 0 Å². The van der Waals surface area contributed by atoms with Gasteiger partial charge in [0.15, 0.2) is 0 Å². The predicted molar refractivity (Wildman–Crippen MR) is 84.1 cm³/mol. The van der Waals surface area contributed by atoms with Crippen LogP contribution in [0.3, 0.4) is 0 Å². The minimum absolute atomic E-state index is 0.112. The van der Waals surface area contributed by atoms with Crippen molar-refractivity contribution in [2.24, 2.45) is 0 Å².